The molecule has 0 spiro atoms. The zero-order chi connectivity index (χ0) is 23.3. The van der Waals surface area contributed by atoms with Gasteiger partial charge in [-0.15, -0.1) is 0 Å². The summed E-state index contributed by atoms with van der Waals surface area (Å²) in [5, 5.41) is 6.86. The molecular weight excluding hydrogens is 437 g/mol. The number of benzene rings is 1. The normalized spacial score (nSPS) is 15.1. The van der Waals surface area contributed by atoms with Gasteiger partial charge in [0.15, 0.2) is 0 Å². The van der Waals surface area contributed by atoms with Crippen molar-refractivity contribution in [3.8, 4) is 11.4 Å². The summed E-state index contributed by atoms with van der Waals surface area (Å²) in [5.41, 5.74) is 1.30. The topological polar surface area (TPSA) is 88.6 Å². The number of amides is 1. The Balaban J connectivity index is 1.39. The highest BCUT2D eigenvalue weighted by Crippen LogP contribution is 2.31. The number of aromatic nitrogens is 4. The van der Waals surface area contributed by atoms with Crippen LogP contribution in [0.15, 0.2) is 47.2 Å². The van der Waals surface area contributed by atoms with Crippen molar-refractivity contribution in [1.29, 1.82) is 0 Å². The standard InChI is InChI=1S/C22H19F3N6O2/c1-12-3-4-13(19-28-21(33-29-19)14-10-30(2)11-14)7-16(12)27-20(32)17-9-26-18-8-15(22(23,24)25)5-6-31(17)18/h3-9,14H,10-11H2,1-2H3,(H,27,32). The van der Waals surface area contributed by atoms with Crippen molar-refractivity contribution >= 4 is 17.2 Å². The van der Waals surface area contributed by atoms with Gasteiger partial charge in [0.1, 0.15) is 11.3 Å². The number of hydrogen-bond acceptors (Lipinski definition) is 6. The van der Waals surface area contributed by atoms with Crippen molar-refractivity contribution in [2.24, 2.45) is 0 Å². The Kier molecular flexibility index (Phi) is 4.93. The van der Waals surface area contributed by atoms with Crippen LogP contribution < -0.4 is 5.32 Å². The van der Waals surface area contributed by atoms with E-state index in [1.165, 1.54) is 16.8 Å². The third-order valence-corrected chi connectivity index (χ3v) is 5.67. The molecule has 0 saturated carbocycles. The number of halogens is 3. The minimum absolute atomic E-state index is 0.0291. The quantitative estimate of drug-likeness (QED) is 0.500. The van der Waals surface area contributed by atoms with Crippen molar-refractivity contribution in [1.82, 2.24) is 24.4 Å². The van der Waals surface area contributed by atoms with Gasteiger partial charge in [0.05, 0.1) is 17.7 Å². The highest BCUT2D eigenvalue weighted by atomic mass is 19.4. The second-order valence-corrected chi connectivity index (χ2v) is 8.14. The molecule has 1 N–H and O–H groups in total. The third-order valence-electron chi connectivity index (χ3n) is 5.67. The molecule has 1 aliphatic heterocycles. The lowest BCUT2D eigenvalue weighted by Crippen LogP contribution is -2.41. The first-order valence-corrected chi connectivity index (χ1v) is 10.2. The van der Waals surface area contributed by atoms with Gasteiger partial charge in [0.25, 0.3) is 5.91 Å². The summed E-state index contributed by atoms with van der Waals surface area (Å²) in [4.78, 5) is 23.5. The second-order valence-electron chi connectivity index (χ2n) is 8.14. The van der Waals surface area contributed by atoms with Crippen LogP contribution in [0.2, 0.25) is 0 Å². The fourth-order valence-corrected chi connectivity index (χ4v) is 3.78. The number of anilines is 1. The number of carbonyl (C=O) groups excluding carboxylic acids is 1. The van der Waals surface area contributed by atoms with E-state index in [0.717, 1.165) is 30.8 Å². The van der Waals surface area contributed by atoms with Crippen LogP contribution in [0.1, 0.15) is 33.4 Å². The van der Waals surface area contributed by atoms with Crippen LogP contribution in [0.3, 0.4) is 0 Å². The maximum Gasteiger partial charge on any atom is 0.416 e. The average molecular weight is 456 g/mol. The molecule has 1 fully saturated rings. The summed E-state index contributed by atoms with van der Waals surface area (Å²) < 4.78 is 45.5. The smallest absolute Gasteiger partial charge is 0.339 e. The van der Waals surface area contributed by atoms with E-state index < -0.39 is 17.6 Å². The van der Waals surface area contributed by atoms with Gasteiger partial charge in [-0.25, -0.2) is 4.98 Å². The minimum Gasteiger partial charge on any atom is -0.339 e. The van der Waals surface area contributed by atoms with Gasteiger partial charge in [-0.3, -0.25) is 9.20 Å². The van der Waals surface area contributed by atoms with Crippen LogP contribution >= 0.6 is 0 Å². The molecule has 4 aromatic rings. The van der Waals surface area contributed by atoms with Crippen LogP contribution in [-0.2, 0) is 6.18 Å². The second kappa shape index (κ2) is 7.69. The predicted octanol–water partition coefficient (Wildman–Crippen LogP) is 3.99. The zero-order valence-corrected chi connectivity index (χ0v) is 17.7. The maximum absolute atomic E-state index is 12.9. The first-order chi connectivity index (χ1) is 15.7. The predicted molar refractivity (Wildman–Crippen MR) is 113 cm³/mol. The molecule has 1 aliphatic rings. The van der Waals surface area contributed by atoms with Gasteiger partial charge < -0.3 is 14.7 Å². The summed E-state index contributed by atoms with van der Waals surface area (Å²) in [6.07, 6.45) is -2.07. The molecule has 11 heteroatoms. The van der Waals surface area contributed by atoms with Crippen LogP contribution in [0, 0.1) is 6.92 Å². The van der Waals surface area contributed by atoms with Crippen LogP contribution in [0.5, 0.6) is 0 Å². The molecule has 0 atom stereocenters. The first kappa shape index (κ1) is 21.1. The SMILES string of the molecule is Cc1ccc(-c2noc(C3CN(C)C3)n2)cc1NC(=O)c1cnc2cc(C(F)(F)F)ccn12. The Labute approximate surface area is 186 Å². The van der Waals surface area contributed by atoms with Crippen molar-refractivity contribution in [2.45, 2.75) is 19.0 Å². The van der Waals surface area contributed by atoms with E-state index in [4.69, 9.17) is 4.52 Å². The van der Waals surface area contributed by atoms with Crippen molar-refractivity contribution < 1.29 is 22.5 Å². The summed E-state index contributed by atoms with van der Waals surface area (Å²) >= 11 is 0. The lowest BCUT2D eigenvalue weighted by atomic mass is 10.0. The molecule has 4 heterocycles. The Morgan fingerprint density at radius 1 is 1.21 bits per heavy atom. The summed E-state index contributed by atoms with van der Waals surface area (Å²) in [6, 6.07) is 7.20. The molecule has 0 radical (unpaired) electrons. The molecule has 1 saturated heterocycles. The minimum atomic E-state index is -4.49. The lowest BCUT2D eigenvalue weighted by Gasteiger charge is -2.33. The average Bonchev–Trinajstić information content (AvgIpc) is 3.39. The molecule has 170 valence electrons. The molecular formula is C22H19F3N6O2. The number of imidazole rings is 1. The number of rotatable bonds is 4. The number of alkyl halides is 3. The highest BCUT2D eigenvalue weighted by Gasteiger charge is 2.31. The van der Waals surface area contributed by atoms with E-state index >= 15 is 0 Å². The van der Waals surface area contributed by atoms with Gasteiger partial charge in [0, 0.05) is 30.5 Å². The van der Waals surface area contributed by atoms with Crippen LogP contribution in [-0.4, -0.2) is 50.5 Å². The van der Waals surface area contributed by atoms with E-state index in [-0.39, 0.29) is 17.3 Å². The Morgan fingerprint density at radius 2 is 2.00 bits per heavy atom. The van der Waals surface area contributed by atoms with Crippen molar-refractivity contribution in [3.63, 3.8) is 0 Å². The van der Waals surface area contributed by atoms with E-state index in [2.05, 4.69) is 25.3 Å². The number of aryl methyl sites for hydroxylation is 1. The van der Waals surface area contributed by atoms with Gasteiger partial charge in [-0.05, 0) is 37.7 Å². The Hall–Kier alpha value is -3.73. The zero-order valence-electron chi connectivity index (χ0n) is 17.7. The third kappa shape index (κ3) is 3.95. The maximum atomic E-state index is 12.9. The summed E-state index contributed by atoms with van der Waals surface area (Å²) in [6.45, 7) is 3.55. The van der Waals surface area contributed by atoms with Gasteiger partial charge >= 0.3 is 6.18 Å². The van der Waals surface area contributed by atoms with Crippen LogP contribution in [0.25, 0.3) is 17.0 Å². The fraction of sp³-hybridized carbons (Fsp3) is 0.273. The van der Waals surface area contributed by atoms with Gasteiger partial charge in [0.2, 0.25) is 11.7 Å². The number of hydrogen-bond donors (Lipinski definition) is 1. The molecule has 0 bridgehead atoms. The number of pyridine rings is 1. The first-order valence-electron chi connectivity index (χ1n) is 10.2. The Morgan fingerprint density at radius 3 is 2.73 bits per heavy atom. The monoisotopic (exact) mass is 456 g/mol. The number of fused-ring (bicyclic) bond motifs is 1. The van der Waals surface area contributed by atoms with Gasteiger partial charge in [-0.1, -0.05) is 17.3 Å². The lowest BCUT2D eigenvalue weighted by molar-refractivity contribution is -0.137. The summed E-state index contributed by atoms with van der Waals surface area (Å²) in [7, 11) is 2.02. The van der Waals surface area contributed by atoms with E-state index in [1.54, 1.807) is 6.07 Å². The van der Waals surface area contributed by atoms with E-state index in [9.17, 15) is 18.0 Å². The number of nitrogens with one attached hydrogen (secondary N) is 1. The molecule has 0 aliphatic carbocycles. The molecule has 3 aromatic heterocycles. The van der Waals surface area contributed by atoms with E-state index in [1.807, 2.05) is 26.1 Å². The Bertz CT molecular complexity index is 1350. The molecule has 8 nitrogen and oxygen atoms in total. The van der Waals surface area contributed by atoms with Crippen molar-refractivity contribution in [2.75, 3.05) is 25.5 Å². The number of likely N-dealkylation sites (N-methyl/N-ethyl adjacent to an activating group) is 1. The molecule has 5 rings (SSSR count). The fourth-order valence-electron chi connectivity index (χ4n) is 3.78. The molecule has 0 unspecified atom stereocenters. The summed E-state index contributed by atoms with van der Waals surface area (Å²) in [5.74, 6) is 0.713. The molecule has 33 heavy (non-hydrogen) atoms. The largest absolute Gasteiger partial charge is 0.416 e. The van der Waals surface area contributed by atoms with Crippen molar-refractivity contribution in [3.05, 3.63) is 65.4 Å². The van der Waals surface area contributed by atoms with Gasteiger partial charge in [-0.2, -0.15) is 18.2 Å². The highest BCUT2D eigenvalue weighted by molar-refractivity contribution is 6.04. The van der Waals surface area contributed by atoms with Crippen LogP contribution in [0.4, 0.5) is 18.9 Å². The number of nitrogens with zero attached hydrogens (tertiary/aromatic N) is 5. The molecule has 1 amide bonds. The van der Waals surface area contributed by atoms with E-state index in [0.29, 0.717) is 23.0 Å². The number of carbonyl (C=O) groups is 1. The molecule has 1 aromatic carbocycles. The number of likely N-dealkylation sites (tertiary alicyclic amines) is 1.